The number of hydrogen-bond acceptors (Lipinski definition) is 8. The molecule has 2 aliphatic rings. The van der Waals surface area contributed by atoms with Gasteiger partial charge in [0, 0.05) is 6.92 Å². The van der Waals surface area contributed by atoms with Crippen molar-refractivity contribution in [3.63, 3.8) is 0 Å². The van der Waals surface area contributed by atoms with Gasteiger partial charge < -0.3 is 29.2 Å². The number of aliphatic hydroxyl groups is 2. The van der Waals surface area contributed by atoms with Crippen LogP contribution in [0.5, 0.6) is 0 Å². The lowest BCUT2D eigenvalue weighted by molar-refractivity contribution is -0.234. The average Bonchev–Trinajstić information content (AvgIpc) is 2.89. The molecule has 0 radical (unpaired) electrons. The van der Waals surface area contributed by atoms with E-state index >= 15 is 0 Å². The molecular formula is C12H16O8. The van der Waals surface area contributed by atoms with E-state index in [1.54, 1.807) is 0 Å². The summed E-state index contributed by atoms with van der Waals surface area (Å²) in [6.45, 7) is 2.25. The van der Waals surface area contributed by atoms with E-state index in [9.17, 15) is 19.8 Å². The summed E-state index contributed by atoms with van der Waals surface area (Å²) >= 11 is 0. The van der Waals surface area contributed by atoms with Crippen LogP contribution in [-0.2, 0) is 28.5 Å². The van der Waals surface area contributed by atoms with Crippen LogP contribution in [0.4, 0.5) is 0 Å². The van der Waals surface area contributed by atoms with Gasteiger partial charge in [-0.25, -0.2) is 4.79 Å². The minimum Gasteiger partial charge on any atom is -0.434 e. The third-order valence-electron chi connectivity index (χ3n) is 3.04. The largest absolute Gasteiger partial charge is 0.434 e. The summed E-state index contributed by atoms with van der Waals surface area (Å²) in [6, 6.07) is 0. The molecule has 0 bridgehead atoms. The van der Waals surface area contributed by atoms with E-state index in [2.05, 4.69) is 4.74 Å². The number of hydrogen-bond donors (Lipinski definition) is 2. The van der Waals surface area contributed by atoms with Crippen LogP contribution in [0.15, 0.2) is 11.8 Å². The molecule has 2 fully saturated rings. The number of ether oxygens (including phenoxy) is 4. The third-order valence-corrected chi connectivity index (χ3v) is 3.04. The van der Waals surface area contributed by atoms with Gasteiger partial charge in [0.25, 0.3) is 5.79 Å². The fourth-order valence-corrected chi connectivity index (χ4v) is 2.02. The van der Waals surface area contributed by atoms with Crippen LogP contribution in [-0.4, -0.2) is 59.5 Å². The maximum Gasteiger partial charge on any atom is 0.339 e. The molecule has 0 aromatic carbocycles. The second-order valence-corrected chi connectivity index (χ2v) is 4.74. The second-order valence-electron chi connectivity index (χ2n) is 4.74. The first-order chi connectivity index (χ1) is 9.33. The number of carbonyl (C=O) groups is 2. The van der Waals surface area contributed by atoms with Gasteiger partial charge in [0.05, 0.1) is 12.2 Å². The Hall–Kier alpha value is -1.48. The number of esters is 2. The van der Waals surface area contributed by atoms with Gasteiger partial charge in [-0.2, -0.15) is 0 Å². The molecule has 20 heavy (non-hydrogen) atoms. The lowest BCUT2D eigenvalue weighted by atomic mass is 10.1. The molecule has 0 unspecified atom stereocenters. The van der Waals surface area contributed by atoms with Crippen LogP contribution in [0.3, 0.4) is 0 Å². The van der Waals surface area contributed by atoms with Crippen molar-refractivity contribution in [1.29, 1.82) is 0 Å². The minimum absolute atomic E-state index is 0.00252. The molecule has 2 heterocycles. The van der Waals surface area contributed by atoms with Gasteiger partial charge in [-0.05, 0) is 6.92 Å². The normalized spacial score (nSPS) is 36.6. The quantitative estimate of drug-likeness (QED) is 0.289. The van der Waals surface area contributed by atoms with Crippen LogP contribution in [0.2, 0.25) is 0 Å². The fraction of sp³-hybridized carbons (Fsp3) is 0.667. The smallest absolute Gasteiger partial charge is 0.339 e. The van der Waals surface area contributed by atoms with Crippen molar-refractivity contribution in [2.45, 2.75) is 37.9 Å². The molecular weight excluding hydrogens is 272 g/mol. The van der Waals surface area contributed by atoms with Crippen molar-refractivity contribution in [3.8, 4) is 0 Å². The summed E-state index contributed by atoms with van der Waals surface area (Å²) < 4.78 is 19.8. The van der Waals surface area contributed by atoms with Gasteiger partial charge in [0.2, 0.25) is 0 Å². The summed E-state index contributed by atoms with van der Waals surface area (Å²) in [6.07, 6.45) is -1.61. The molecule has 4 atom stereocenters. The van der Waals surface area contributed by atoms with Crippen molar-refractivity contribution in [2.24, 2.45) is 0 Å². The van der Waals surface area contributed by atoms with Gasteiger partial charge in [0.1, 0.15) is 25.1 Å². The van der Waals surface area contributed by atoms with Gasteiger partial charge >= 0.3 is 11.9 Å². The number of carbonyl (C=O) groups excluding carboxylic acids is 2. The molecule has 2 saturated heterocycles. The van der Waals surface area contributed by atoms with Crippen LogP contribution >= 0.6 is 0 Å². The highest BCUT2D eigenvalue weighted by Gasteiger charge is 2.58. The molecule has 2 rings (SSSR count). The molecule has 8 heteroatoms. The molecule has 0 spiro atoms. The second kappa shape index (κ2) is 5.49. The molecule has 0 aromatic rings. The molecule has 0 amide bonds. The Kier molecular flexibility index (Phi) is 4.09. The monoisotopic (exact) mass is 288 g/mol. The summed E-state index contributed by atoms with van der Waals surface area (Å²) in [5, 5.41) is 19.8. The van der Waals surface area contributed by atoms with Gasteiger partial charge in [-0.15, -0.1) is 0 Å². The van der Waals surface area contributed by atoms with Crippen LogP contribution in [0, 0.1) is 0 Å². The van der Waals surface area contributed by atoms with Gasteiger partial charge in [-0.1, -0.05) is 0 Å². The zero-order valence-corrected chi connectivity index (χ0v) is 11.1. The average molecular weight is 288 g/mol. The van der Waals surface area contributed by atoms with Crippen molar-refractivity contribution >= 4 is 11.9 Å². The molecule has 0 saturated carbocycles. The molecule has 2 N–H and O–H groups in total. The highest BCUT2D eigenvalue weighted by molar-refractivity contribution is 5.88. The number of fused-ring (bicyclic) bond motifs is 1. The van der Waals surface area contributed by atoms with Gasteiger partial charge in [-0.3, -0.25) is 4.79 Å². The van der Waals surface area contributed by atoms with Crippen molar-refractivity contribution < 1.29 is 38.7 Å². The maximum atomic E-state index is 11.8. The lowest BCUT2D eigenvalue weighted by Gasteiger charge is -2.26. The van der Waals surface area contributed by atoms with Crippen molar-refractivity contribution in [1.82, 2.24) is 0 Å². The first-order valence-corrected chi connectivity index (χ1v) is 6.04. The van der Waals surface area contributed by atoms with Crippen molar-refractivity contribution in [2.75, 3.05) is 13.2 Å². The molecule has 2 aliphatic heterocycles. The minimum atomic E-state index is -1.97. The predicted octanol–water partition coefficient (Wildman–Crippen LogP) is -1.16. The topological polar surface area (TPSA) is 112 Å². The Morgan fingerprint density at radius 2 is 2.05 bits per heavy atom. The molecule has 112 valence electrons. The molecule has 0 aliphatic carbocycles. The Morgan fingerprint density at radius 3 is 2.70 bits per heavy atom. The van der Waals surface area contributed by atoms with Gasteiger partial charge in [0.15, 0.2) is 6.10 Å². The Labute approximate surface area is 114 Å². The summed E-state index contributed by atoms with van der Waals surface area (Å²) in [5.74, 6) is -3.42. The third kappa shape index (κ3) is 2.83. The highest BCUT2D eigenvalue weighted by atomic mass is 16.7. The summed E-state index contributed by atoms with van der Waals surface area (Å²) in [5.41, 5.74) is -0.00406. The van der Waals surface area contributed by atoms with Crippen LogP contribution in [0.25, 0.3) is 0 Å². The number of aliphatic hydroxyl groups excluding tert-OH is 1. The fourth-order valence-electron chi connectivity index (χ4n) is 2.02. The molecule has 8 nitrogen and oxygen atoms in total. The summed E-state index contributed by atoms with van der Waals surface area (Å²) in [7, 11) is 0. The predicted molar refractivity (Wildman–Crippen MR) is 62.1 cm³/mol. The molecule has 0 aromatic heterocycles. The first kappa shape index (κ1) is 14.9. The summed E-state index contributed by atoms with van der Waals surface area (Å²) in [4.78, 5) is 22.4. The van der Waals surface area contributed by atoms with E-state index in [1.807, 2.05) is 0 Å². The lowest BCUT2D eigenvalue weighted by Crippen LogP contribution is -2.47. The highest BCUT2D eigenvalue weighted by Crippen LogP contribution is 2.35. The Balaban J connectivity index is 2.00. The van der Waals surface area contributed by atoms with Crippen molar-refractivity contribution in [3.05, 3.63) is 11.8 Å². The standard InChI is InChI=1S/C12H16O8/c1-6(3-17-7(2)13)11(15)20-12(16)5-19-9-8(14)4-18-10(9)12/h3,8-10,14,16H,4-5H2,1-2H3/t8-,9-,10+,12+/m1/s1. The Morgan fingerprint density at radius 1 is 1.35 bits per heavy atom. The van der Waals surface area contributed by atoms with E-state index in [0.29, 0.717) is 0 Å². The van der Waals surface area contributed by atoms with E-state index in [1.165, 1.54) is 13.8 Å². The van der Waals surface area contributed by atoms with E-state index in [0.717, 1.165) is 6.26 Å². The Bertz CT molecular complexity index is 445. The maximum absolute atomic E-state index is 11.8. The first-order valence-electron chi connectivity index (χ1n) is 6.04. The SMILES string of the molecule is CC(=O)OC=C(C)C(=O)O[C@@]1(O)CO[C@@H]2[C@H](O)CO[C@@H]21. The van der Waals surface area contributed by atoms with E-state index < -0.39 is 36.0 Å². The van der Waals surface area contributed by atoms with Crippen LogP contribution < -0.4 is 0 Å². The zero-order valence-electron chi connectivity index (χ0n) is 11.1. The van der Waals surface area contributed by atoms with Crippen LogP contribution in [0.1, 0.15) is 13.8 Å². The number of rotatable bonds is 3. The zero-order chi connectivity index (χ0) is 14.9. The van der Waals surface area contributed by atoms with E-state index in [4.69, 9.17) is 14.2 Å². The van der Waals surface area contributed by atoms with E-state index in [-0.39, 0.29) is 18.8 Å².